The summed E-state index contributed by atoms with van der Waals surface area (Å²) in [7, 11) is 0. The van der Waals surface area contributed by atoms with Crippen LogP contribution in [0.25, 0.3) is 22.8 Å². The summed E-state index contributed by atoms with van der Waals surface area (Å²) in [6.07, 6.45) is -3.31. The van der Waals surface area contributed by atoms with Crippen LogP contribution < -0.4 is 10.9 Å². The van der Waals surface area contributed by atoms with Gasteiger partial charge in [0.25, 0.3) is 11.4 Å². The molecule has 7 nitrogen and oxygen atoms in total. The molecule has 0 spiro atoms. The largest absolute Gasteiger partial charge is 0.418 e. The topological polar surface area (TPSA) is 90.0 Å². The number of benzene rings is 2. The number of hydrogen-bond donors (Lipinski definition) is 1. The Morgan fingerprint density at radius 1 is 1.06 bits per heavy atom. The predicted octanol–water partition coefficient (Wildman–Crippen LogP) is 4.88. The fourth-order valence-electron chi connectivity index (χ4n) is 3.06. The zero-order chi connectivity index (χ0) is 23.6. The summed E-state index contributed by atoms with van der Waals surface area (Å²) in [5.41, 5.74) is -1.35. The SMILES string of the molecule is O=C(Cn1cccc(-c2nc(-c3ccc(Cl)cc3)no2)c1=O)Nc1ccccc1C(F)(F)F. The molecule has 0 fully saturated rings. The van der Waals surface area contributed by atoms with Crippen molar-refractivity contribution in [3.63, 3.8) is 0 Å². The van der Waals surface area contributed by atoms with Crippen LogP contribution in [0.1, 0.15) is 5.56 Å². The summed E-state index contributed by atoms with van der Waals surface area (Å²) in [5.74, 6) is -0.640. The lowest BCUT2D eigenvalue weighted by molar-refractivity contribution is -0.137. The van der Waals surface area contributed by atoms with E-state index in [0.29, 0.717) is 10.6 Å². The number of amides is 1. The van der Waals surface area contributed by atoms with Crippen LogP contribution in [0.5, 0.6) is 0 Å². The first kappa shape index (κ1) is 22.3. The Morgan fingerprint density at radius 3 is 2.52 bits per heavy atom. The number of halogens is 4. The molecule has 1 amide bonds. The molecule has 0 radical (unpaired) electrons. The number of pyridine rings is 1. The molecule has 0 aliphatic heterocycles. The highest BCUT2D eigenvalue weighted by Crippen LogP contribution is 2.34. The fraction of sp³-hybridized carbons (Fsp3) is 0.0909. The molecule has 11 heteroatoms. The molecule has 0 aliphatic carbocycles. The number of rotatable bonds is 5. The number of nitrogens with one attached hydrogen (secondary N) is 1. The second-order valence-electron chi connectivity index (χ2n) is 6.88. The summed E-state index contributed by atoms with van der Waals surface area (Å²) in [5, 5.41) is 6.58. The third kappa shape index (κ3) is 4.96. The second kappa shape index (κ2) is 8.91. The molecular formula is C22H14ClF3N4O3. The van der Waals surface area contributed by atoms with Crippen molar-refractivity contribution in [2.75, 3.05) is 5.32 Å². The average molecular weight is 475 g/mol. The average Bonchev–Trinajstić information content (AvgIpc) is 3.25. The Morgan fingerprint density at radius 2 is 1.79 bits per heavy atom. The van der Waals surface area contributed by atoms with Gasteiger partial charge in [-0.2, -0.15) is 18.2 Å². The molecule has 168 valence electrons. The van der Waals surface area contributed by atoms with Gasteiger partial charge in [0.1, 0.15) is 12.1 Å². The Kier molecular flexibility index (Phi) is 6.01. The van der Waals surface area contributed by atoms with Gasteiger partial charge in [-0.1, -0.05) is 28.9 Å². The van der Waals surface area contributed by atoms with Gasteiger partial charge in [0.2, 0.25) is 11.7 Å². The number of aromatic nitrogens is 3. The molecule has 2 heterocycles. The van der Waals surface area contributed by atoms with Crippen molar-refractivity contribution in [1.29, 1.82) is 0 Å². The van der Waals surface area contributed by atoms with Crippen LogP contribution in [-0.4, -0.2) is 20.6 Å². The number of hydrogen-bond acceptors (Lipinski definition) is 5. The number of alkyl halides is 3. The van der Waals surface area contributed by atoms with E-state index in [1.54, 1.807) is 24.3 Å². The van der Waals surface area contributed by atoms with E-state index in [-0.39, 0.29) is 17.3 Å². The van der Waals surface area contributed by atoms with Crippen molar-refractivity contribution in [3.8, 4) is 22.8 Å². The smallest absolute Gasteiger partial charge is 0.333 e. The lowest BCUT2D eigenvalue weighted by atomic mass is 10.1. The first-order chi connectivity index (χ1) is 15.7. The Bertz CT molecular complexity index is 1360. The van der Waals surface area contributed by atoms with Crippen molar-refractivity contribution in [2.24, 2.45) is 0 Å². The van der Waals surface area contributed by atoms with Crippen molar-refractivity contribution in [3.05, 3.63) is 87.8 Å². The molecule has 4 rings (SSSR count). The fourth-order valence-corrected chi connectivity index (χ4v) is 3.18. The van der Waals surface area contributed by atoms with Gasteiger partial charge in [0.15, 0.2) is 0 Å². The molecule has 0 aliphatic rings. The summed E-state index contributed by atoms with van der Waals surface area (Å²) in [6, 6.07) is 14.2. The molecule has 1 N–H and O–H groups in total. The molecule has 2 aromatic carbocycles. The van der Waals surface area contributed by atoms with E-state index < -0.39 is 35.4 Å². The van der Waals surface area contributed by atoms with Crippen molar-refractivity contribution >= 4 is 23.2 Å². The van der Waals surface area contributed by atoms with Gasteiger partial charge in [0, 0.05) is 16.8 Å². The minimum absolute atomic E-state index is 0.0358. The first-order valence-electron chi connectivity index (χ1n) is 9.48. The first-order valence-corrected chi connectivity index (χ1v) is 9.86. The van der Waals surface area contributed by atoms with E-state index in [1.807, 2.05) is 0 Å². The number of para-hydroxylation sites is 1. The minimum atomic E-state index is -4.64. The zero-order valence-electron chi connectivity index (χ0n) is 16.6. The van der Waals surface area contributed by atoms with Gasteiger partial charge < -0.3 is 14.4 Å². The quantitative estimate of drug-likeness (QED) is 0.445. The number of anilines is 1. The van der Waals surface area contributed by atoms with E-state index in [4.69, 9.17) is 16.1 Å². The molecule has 0 saturated heterocycles. The highest BCUT2D eigenvalue weighted by atomic mass is 35.5. The van der Waals surface area contributed by atoms with Crippen LogP contribution in [0, 0.1) is 0 Å². The molecule has 33 heavy (non-hydrogen) atoms. The van der Waals surface area contributed by atoms with Gasteiger partial charge >= 0.3 is 6.18 Å². The molecule has 0 bridgehead atoms. The summed E-state index contributed by atoms with van der Waals surface area (Å²) in [6.45, 7) is -0.517. The van der Waals surface area contributed by atoms with E-state index >= 15 is 0 Å². The van der Waals surface area contributed by atoms with Crippen LogP contribution in [0.3, 0.4) is 0 Å². The lowest BCUT2D eigenvalue weighted by Gasteiger charge is -2.14. The van der Waals surface area contributed by atoms with Gasteiger partial charge in [-0.05, 0) is 48.5 Å². The maximum absolute atomic E-state index is 13.1. The van der Waals surface area contributed by atoms with Crippen LogP contribution in [0.2, 0.25) is 5.02 Å². The number of nitrogens with zero attached hydrogens (tertiary/aromatic N) is 3. The lowest BCUT2D eigenvalue weighted by Crippen LogP contribution is -2.28. The van der Waals surface area contributed by atoms with Crippen molar-refractivity contribution in [2.45, 2.75) is 12.7 Å². The molecule has 0 atom stereocenters. The Labute approximate surface area is 189 Å². The maximum Gasteiger partial charge on any atom is 0.418 e. The normalized spacial score (nSPS) is 11.4. The second-order valence-corrected chi connectivity index (χ2v) is 7.31. The molecule has 2 aromatic heterocycles. The van der Waals surface area contributed by atoms with Gasteiger partial charge in [-0.15, -0.1) is 0 Å². The van der Waals surface area contributed by atoms with Crippen LogP contribution in [0.15, 0.2) is 76.2 Å². The predicted molar refractivity (Wildman–Crippen MR) is 115 cm³/mol. The number of carbonyl (C=O) groups excluding carboxylic acids is 1. The van der Waals surface area contributed by atoms with Gasteiger partial charge in [0.05, 0.1) is 11.3 Å². The van der Waals surface area contributed by atoms with Crippen LogP contribution >= 0.6 is 11.6 Å². The summed E-state index contributed by atoms with van der Waals surface area (Å²) >= 11 is 5.87. The molecular weight excluding hydrogens is 461 g/mol. The number of carbonyl (C=O) groups is 1. The van der Waals surface area contributed by atoms with E-state index in [9.17, 15) is 22.8 Å². The van der Waals surface area contributed by atoms with Gasteiger partial charge in [-0.25, -0.2) is 0 Å². The van der Waals surface area contributed by atoms with Gasteiger partial charge in [-0.3, -0.25) is 9.59 Å². The highest BCUT2D eigenvalue weighted by molar-refractivity contribution is 6.30. The minimum Gasteiger partial charge on any atom is -0.333 e. The Hall–Kier alpha value is -3.92. The van der Waals surface area contributed by atoms with Crippen LogP contribution in [-0.2, 0) is 17.5 Å². The van der Waals surface area contributed by atoms with E-state index in [1.165, 1.54) is 30.5 Å². The summed E-state index contributed by atoms with van der Waals surface area (Å²) in [4.78, 5) is 29.4. The molecule has 0 unspecified atom stereocenters. The zero-order valence-corrected chi connectivity index (χ0v) is 17.4. The third-order valence-electron chi connectivity index (χ3n) is 4.60. The molecule has 0 saturated carbocycles. The van der Waals surface area contributed by atoms with E-state index in [2.05, 4.69) is 15.5 Å². The molecule has 4 aromatic rings. The highest BCUT2D eigenvalue weighted by Gasteiger charge is 2.33. The monoisotopic (exact) mass is 474 g/mol. The van der Waals surface area contributed by atoms with Crippen molar-refractivity contribution < 1.29 is 22.5 Å². The third-order valence-corrected chi connectivity index (χ3v) is 4.85. The maximum atomic E-state index is 13.1. The summed E-state index contributed by atoms with van der Waals surface area (Å²) < 4.78 is 45.6. The van der Waals surface area contributed by atoms with Crippen molar-refractivity contribution in [1.82, 2.24) is 14.7 Å². The van der Waals surface area contributed by atoms with E-state index in [0.717, 1.165) is 16.7 Å². The van der Waals surface area contributed by atoms with Crippen LogP contribution in [0.4, 0.5) is 18.9 Å². The standard InChI is InChI=1S/C22H14ClF3N4O3/c23-14-9-7-13(8-10-14)19-28-20(33-29-19)15-4-3-11-30(21(15)32)12-18(31)27-17-6-2-1-5-16(17)22(24,25)26/h1-11H,12H2,(H,27,31). The Balaban J connectivity index is 1.56.